The first-order valence-corrected chi connectivity index (χ1v) is 9.20. The van der Waals surface area contributed by atoms with Gasteiger partial charge in [-0.1, -0.05) is 25.6 Å². The molecule has 1 aliphatic heterocycles. The molecule has 18 heavy (non-hydrogen) atoms. The minimum Gasteiger partial charge on any atom is -0.465 e. The van der Waals surface area contributed by atoms with E-state index in [2.05, 4.69) is 11.5 Å². The smallest absolute Gasteiger partial charge is 0.407 e. The molecule has 1 heterocycles. The summed E-state index contributed by atoms with van der Waals surface area (Å²) in [5.41, 5.74) is 2.93. The van der Waals surface area contributed by atoms with E-state index >= 15 is 0 Å². The molecule has 100 valence electrons. The maximum Gasteiger partial charge on any atom is 0.407 e. The number of carbonyl (C=O) groups is 1. The number of carboxylic acid groups (broad SMARTS) is 1. The Hall–Kier alpha value is -1.35. The zero-order chi connectivity index (χ0) is 14.0. The van der Waals surface area contributed by atoms with E-state index in [1.54, 1.807) is 0 Å². The molecule has 1 amide bonds. The lowest BCUT2D eigenvalue weighted by Crippen LogP contribution is -2.46. The van der Waals surface area contributed by atoms with Gasteiger partial charge in [0.15, 0.2) is 0 Å². The topological polar surface area (TPSA) is 40.5 Å². The minimum absolute atomic E-state index is 0.0413. The van der Waals surface area contributed by atoms with Crippen LogP contribution in [0.25, 0.3) is 0 Å². The van der Waals surface area contributed by atoms with E-state index in [1.807, 2.05) is 19.6 Å². The normalized spacial score (nSPS) is 21.4. The molecule has 1 N–H and O–H groups in total. The van der Waals surface area contributed by atoms with Gasteiger partial charge >= 0.3 is 6.09 Å². The Morgan fingerprint density at radius 2 is 2.11 bits per heavy atom. The monoisotopic (exact) mass is 273 g/mol. The molecule has 0 unspecified atom stereocenters. The van der Waals surface area contributed by atoms with Gasteiger partial charge in [0, 0.05) is 12.1 Å². The summed E-state index contributed by atoms with van der Waals surface area (Å²) in [5, 5.41) is 8.69. The summed E-state index contributed by atoms with van der Waals surface area (Å²) >= 11 is 0. The molecule has 0 saturated carbocycles. The summed E-state index contributed by atoms with van der Waals surface area (Å²) < 4.78 is 27.3. The van der Waals surface area contributed by atoms with Crippen molar-refractivity contribution in [2.24, 2.45) is 0 Å². The van der Waals surface area contributed by atoms with Crippen molar-refractivity contribution in [3.8, 4) is 11.5 Å². The summed E-state index contributed by atoms with van der Waals surface area (Å²) in [5.74, 6) is -0.408. The molecule has 6 heteroatoms. The quantitative estimate of drug-likeness (QED) is 0.544. The van der Waals surface area contributed by atoms with Crippen LogP contribution in [0.4, 0.5) is 13.6 Å². The lowest BCUT2D eigenvalue weighted by Gasteiger charge is -2.32. The molecular formula is C12H17F2NO2Si. The van der Waals surface area contributed by atoms with E-state index < -0.39 is 26.6 Å². The van der Waals surface area contributed by atoms with E-state index in [4.69, 9.17) is 5.11 Å². The second kappa shape index (κ2) is 5.10. The van der Waals surface area contributed by atoms with Crippen LogP contribution in [0.1, 0.15) is 6.42 Å². The number of hydrogen-bond donors (Lipinski definition) is 1. The Morgan fingerprint density at radius 1 is 1.50 bits per heavy atom. The molecule has 0 atom stereocenters. The van der Waals surface area contributed by atoms with E-state index in [0.717, 1.165) is 4.90 Å². The molecule has 0 spiro atoms. The largest absolute Gasteiger partial charge is 0.465 e. The van der Waals surface area contributed by atoms with Gasteiger partial charge in [-0.25, -0.2) is 4.79 Å². The highest BCUT2D eigenvalue weighted by atomic mass is 28.3. The summed E-state index contributed by atoms with van der Waals surface area (Å²) in [6, 6.07) is 0. The van der Waals surface area contributed by atoms with Gasteiger partial charge in [0.25, 0.3) is 5.92 Å². The third-order valence-corrected chi connectivity index (χ3v) is 3.37. The van der Waals surface area contributed by atoms with Crippen molar-refractivity contribution >= 4 is 14.2 Å². The van der Waals surface area contributed by atoms with Crippen molar-refractivity contribution < 1.29 is 18.7 Å². The molecule has 0 aromatic rings. The van der Waals surface area contributed by atoms with Gasteiger partial charge in [0.1, 0.15) is 8.07 Å². The van der Waals surface area contributed by atoms with Crippen molar-refractivity contribution in [1.82, 2.24) is 4.90 Å². The summed E-state index contributed by atoms with van der Waals surface area (Å²) in [7, 11) is -1.57. The van der Waals surface area contributed by atoms with Gasteiger partial charge in [0.05, 0.1) is 6.54 Å². The molecule has 1 aliphatic rings. The van der Waals surface area contributed by atoms with Crippen LogP contribution in [0.15, 0.2) is 11.6 Å². The highest BCUT2D eigenvalue weighted by Gasteiger charge is 2.41. The first kappa shape index (κ1) is 14.7. The molecule has 0 bridgehead atoms. The van der Waals surface area contributed by atoms with Gasteiger partial charge in [-0.15, -0.1) is 5.54 Å². The molecular weight excluding hydrogens is 256 g/mol. The predicted octanol–water partition coefficient (Wildman–Crippen LogP) is 2.81. The van der Waals surface area contributed by atoms with E-state index in [1.165, 1.54) is 6.08 Å². The average molecular weight is 273 g/mol. The van der Waals surface area contributed by atoms with Crippen molar-refractivity contribution in [1.29, 1.82) is 0 Å². The number of alkyl halides is 2. The molecule has 0 aromatic heterocycles. The molecule has 1 rings (SSSR count). The number of hydrogen-bond acceptors (Lipinski definition) is 1. The van der Waals surface area contributed by atoms with E-state index in [-0.39, 0.29) is 18.5 Å². The predicted molar refractivity (Wildman–Crippen MR) is 68.4 cm³/mol. The molecule has 0 aromatic carbocycles. The number of piperidine rings is 1. The molecule has 0 aliphatic carbocycles. The van der Waals surface area contributed by atoms with Crippen LogP contribution in [-0.4, -0.2) is 43.2 Å². The Morgan fingerprint density at radius 3 is 2.56 bits per heavy atom. The number of allylic oxidation sites excluding steroid dienone is 1. The number of likely N-dealkylation sites (tertiary alicyclic amines) is 1. The van der Waals surface area contributed by atoms with Crippen LogP contribution in [0, 0.1) is 11.5 Å². The first-order chi connectivity index (χ1) is 8.12. The van der Waals surface area contributed by atoms with Gasteiger partial charge in [-0.05, 0) is 12.5 Å². The lowest BCUT2D eigenvalue weighted by molar-refractivity contribution is -0.0138. The number of amides is 1. The van der Waals surface area contributed by atoms with E-state index in [9.17, 15) is 13.6 Å². The van der Waals surface area contributed by atoms with E-state index in [0.29, 0.717) is 0 Å². The maximum atomic E-state index is 13.7. The molecule has 3 nitrogen and oxygen atoms in total. The Labute approximate surface area is 106 Å². The zero-order valence-corrected chi connectivity index (χ0v) is 11.8. The number of rotatable bonds is 0. The lowest BCUT2D eigenvalue weighted by atomic mass is 10.00. The summed E-state index contributed by atoms with van der Waals surface area (Å²) in [6.45, 7) is 5.42. The van der Waals surface area contributed by atoms with Crippen molar-refractivity contribution in [2.45, 2.75) is 32.0 Å². The average Bonchev–Trinajstić information content (AvgIpc) is 2.17. The van der Waals surface area contributed by atoms with Crippen LogP contribution < -0.4 is 0 Å². The van der Waals surface area contributed by atoms with Gasteiger partial charge < -0.3 is 10.0 Å². The van der Waals surface area contributed by atoms with Crippen molar-refractivity contribution in [2.75, 3.05) is 13.1 Å². The number of halogens is 2. The minimum atomic E-state index is -3.11. The van der Waals surface area contributed by atoms with Gasteiger partial charge in [-0.2, -0.15) is 8.78 Å². The van der Waals surface area contributed by atoms with Gasteiger partial charge in [0.2, 0.25) is 0 Å². The van der Waals surface area contributed by atoms with Gasteiger partial charge in [-0.3, -0.25) is 0 Å². The Bertz CT molecular complexity index is 430. The van der Waals surface area contributed by atoms with Crippen LogP contribution in [-0.2, 0) is 0 Å². The van der Waals surface area contributed by atoms with Crippen LogP contribution in [0.2, 0.25) is 19.6 Å². The molecule has 1 fully saturated rings. The SMILES string of the molecule is C[Si](C)(C)C#C/C=C1\CCN(C(=O)O)CC1(F)F. The first-order valence-electron chi connectivity index (χ1n) is 5.70. The highest BCUT2D eigenvalue weighted by Crippen LogP contribution is 2.31. The standard InChI is InChI=1S/C12H17F2NO2Si/c1-18(2,3)8-4-5-10-6-7-15(11(16)17)9-12(10,13)14/h5H,6-7,9H2,1-3H3,(H,16,17)/b10-5+. The maximum absolute atomic E-state index is 13.7. The fraction of sp³-hybridized carbons (Fsp3) is 0.583. The summed E-state index contributed by atoms with van der Waals surface area (Å²) in [6.07, 6.45) is -0.00109. The third kappa shape index (κ3) is 4.15. The molecule has 0 radical (unpaired) electrons. The third-order valence-electron chi connectivity index (χ3n) is 2.47. The highest BCUT2D eigenvalue weighted by molar-refractivity contribution is 6.83. The van der Waals surface area contributed by atoms with Crippen LogP contribution in [0.5, 0.6) is 0 Å². The van der Waals surface area contributed by atoms with Crippen molar-refractivity contribution in [3.05, 3.63) is 11.6 Å². The fourth-order valence-corrected chi connectivity index (χ4v) is 2.04. The Balaban J connectivity index is 2.83. The van der Waals surface area contributed by atoms with Crippen LogP contribution >= 0.6 is 0 Å². The second-order valence-electron chi connectivity index (χ2n) is 5.35. The van der Waals surface area contributed by atoms with Crippen LogP contribution in [0.3, 0.4) is 0 Å². The number of nitrogens with zero attached hydrogens (tertiary/aromatic N) is 1. The second-order valence-corrected chi connectivity index (χ2v) is 10.1. The Kier molecular flexibility index (Phi) is 4.17. The van der Waals surface area contributed by atoms with Crippen molar-refractivity contribution in [3.63, 3.8) is 0 Å². The fourth-order valence-electron chi connectivity index (χ4n) is 1.54. The zero-order valence-electron chi connectivity index (χ0n) is 10.8. The molecule has 1 saturated heterocycles. The summed E-state index contributed by atoms with van der Waals surface area (Å²) in [4.78, 5) is 11.4.